The summed E-state index contributed by atoms with van der Waals surface area (Å²) in [5.74, 6) is 0.257. The molecule has 7 nitrogen and oxygen atoms in total. The average Bonchev–Trinajstić information content (AvgIpc) is 2.90. The molecule has 3 rings (SSSR count). The SMILES string of the molecule is CN(C)C(=O)[C@H]1CN(Cc2cnn(C)c2)CCN(C2CCOCC2)C1. The molecule has 2 saturated heterocycles. The van der Waals surface area contributed by atoms with Crippen molar-refractivity contribution in [2.45, 2.75) is 25.4 Å². The molecule has 0 N–H and O–H groups in total. The maximum Gasteiger partial charge on any atom is 0.227 e. The Hall–Kier alpha value is -1.44. The molecule has 0 saturated carbocycles. The van der Waals surface area contributed by atoms with Crippen LogP contribution in [0.3, 0.4) is 0 Å². The summed E-state index contributed by atoms with van der Waals surface area (Å²) in [5, 5.41) is 4.27. The van der Waals surface area contributed by atoms with Gasteiger partial charge in [-0.25, -0.2) is 0 Å². The Labute approximate surface area is 150 Å². The zero-order valence-electron chi connectivity index (χ0n) is 15.7. The molecular weight excluding hydrogens is 318 g/mol. The van der Waals surface area contributed by atoms with Gasteiger partial charge in [-0.15, -0.1) is 0 Å². The van der Waals surface area contributed by atoms with Gasteiger partial charge in [0.2, 0.25) is 5.91 Å². The smallest absolute Gasteiger partial charge is 0.227 e. The lowest BCUT2D eigenvalue weighted by atomic mass is 10.0. The van der Waals surface area contributed by atoms with Crippen LogP contribution in [0.1, 0.15) is 18.4 Å². The molecule has 0 spiro atoms. The lowest BCUT2D eigenvalue weighted by Crippen LogP contribution is -2.45. The molecule has 140 valence electrons. The van der Waals surface area contributed by atoms with Crippen LogP contribution in [0, 0.1) is 5.92 Å². The van der Waals surface area contributed by atoms with Gasteiger partial charge in [-0.3, -0.25) is 19.3 Å². The quantitative estimate of drug-likeness (QED) is 0.789. The third kappa shape index (κ3) is 4.80. The van der Waals surface area contributed by atoms with Crippen LogP contribution in [0.2, 0.25) is 0 Å². The molecule has 2 aliphatic rings. The van der Waals surface area contributed by atoms with Crippen molar-refractivity contribution in [2.75, 3.05) is 53.5 Å². The maximum atomic E-state index is 12.7. The zero-order chi connectivity index (χ0) is 17.8. The number of hydrogen-bond acceptors (Lipinski definition) is 5. The Morgan fingerprint density at radius 2 is 2.04 bits per heavy atom. The number of carbonyl (C=O) groups is 1. The van der Waals surface area contributed by atoms with Gasteiger partial charge in [0, 0.05) is 84.9 Å². The van der Waals surface area contributed by atoms with Crippen molar-refractivity contribution in [1.29, 1.82) is 0 Å². The van der Waals surface area contributed by atoms with E-state index in [1.807, 2.05) is 32.0 Å². The Balaban J connectivity index is 1.70. The van der Waals surface area contributed by atoms with E-state index < -0.39 is 0 Å². The largest absolute Gasteiger partial charge is 0.381 e. The van der Waals surface area contributed by atoms with Crippen molar-refractivity contribution >= 4 is 5.91 Å². The van der Waals surface area contributed by atoms with Crippen LogP contribution in [0.4, 0.5) is 0 Å². The molecule has 2 aliphatic heterocycles. The number of amides is 1. The number of rotatable bonds is 4. The molecule has 0 unspecified atom stereocenters. The highest BCUT2D eigenvalue weighted by Gasteiger charge is 2.32. The second-order valence-corrected chi connectivity index (χ2v) is 7.53. The number of nitrogens with zero attached hydrogens (tertiary/aromatic N) is 5. The summed E-state index contributed by atoms with van der Waals surface area (Å²) in [6.07, 6.45) is 6.13. The molecule has 7 heteroatoms. The standard InChI is InChI=1S/C18H31N5O2/c1-20(2)18(24)16-13-22(12-15-10-19-21(3)11-15)6-7-23(14-16)17-4-8-25-9-5-17/h10-11,16-17H,4-9,12-14H2,1-3H3/t16-/m0/s1. The van der Waals surface area contributed by atoms with Crippen LogP contribution in [-0.2, 0) is 23.1 Å². The highest BCUT2D eigenvalue weighted by molar-refractivity contribution is 5.78. The van der Waals surface area contributed by atoms with Crippen molar-refractivity contribution in [2.24, 2.45) is 13.0 Å². The summed E-state index contributed by atoms with van der Waals surface area (Å²) in [6.45, 7) is 6.20. The third-order valence-corrected chi connectivity index (χ3v) is 5.30. The number of aryl methyl sites for hydroxylation is 1. The summed E-state index contributed by atoms with van der Waals surface area (Å²) in [5.41, 5.74) is 1.21. The van der Waals surface area contributed by atoms with E-state index in [-0.39, 0.29) is 11.8 Å². The first kappa shape index (κ1) is 18.4. The van der Waals surface area contributed by atoms with Crippen molar-refractivity contribution in [3.8, 4) is 0 Å². The Morgan fingerprint density at radius 1 is 1.28 bits per heavy atom. The molecule has 1 atom stereocenters. The minimum atomic E-state index is 0.0250. The van der Waals surface area contributed by atoms with E-state index in [4.69, 9.17) is 4.74 Å². The van der Waals surface area contributed by atoms with Crippen LogP contribution in [0.5, 0.6) is 0 Å². The molecule has 2 fully saturated rings. The Morgan fingerprint density at radius 3 is 2.68 bits per heavy atom. The maximum absolute atomic E-state index is 12.7. The lowest BCUT2D eigenvalue weighted by molar-refractivity contribution is -0.134. The topological polar surface area (TPSA) is 53.8 Å². The highest BCUT2D eigenvalue weighted by Crippen LogP contribution is 2.21. The van der Waals surface area contributed by atoms with Gasteiger partial charge in [0.15, 0.2) is 0 Å². The summed E-state index contributed by atoms with van der Waals surface area (Å²) in [6, 6.07) is 0.546. The van der Waals surface area contributed by atoms with E-state index in [1.54, 1.807) is 4.90 Å². The monoisotopic (exact) mass is 349 g/mol. The molecule has 1 aromatic rings. The molecule has 3 heterocycles. The van der Waals surface area contributed by atoms with Crippen molar-refractivity contribution in [3.63, 3.8) is 0 Å². The minimum Gasteiger partial charge on any atom is -0.381 e. The molecule has 25 heavy (non-hydrogen) atoms. The molecule has 0 radical (unpaired) electrons. The average molecular weight is 349 g/mol. The van der Waals surface area contributed by atoms with Gasteiger partial charge in [0.1, 0.15) is 0 Å². The fraction of sp³-hybridized carbons (Fsp3) is 0.778. The summed E-state index contributed by atoms with van der Waals surface area (Å²) in [4.78, 5) is 19.4. The zero-order valence-corrected chi connectivity index (χ0v) is 15.7. The second kappa shape index (κ2) is 8.29. The fourth-order valence-electron chi connectivity index (χ4n) is 3.96. The molecule has 1 aromatic heterocycles. The predicted molar refractivity (Wildman–Crippen MR) is 96.1 cm³/mol. The van der Waals surface area contributed by atoms with Crippen molar-refractivity contribution < 1.29 is 9.53 Å². The molecule has 1 amide bonds. The van der Waals surface area contributed by atoms with E-state index in [9.17, 15) is 4.79 Å². The first-order valence-electron chi connectivity index (χ1n) is 9.26. The Kier molecular flexibility index (Phi) is 6.09. The third-order valence-electron chi connectivity index (χ3n) is 5.30. The number of hydrogen-bond donors (Lipinski definition) is 0. The van der Waals surface area contributed by atoms with E-state index in [1.165, 1.54) is 5.56 Å². The molecule has 0 aromatic carbocycles. The van der Waals surface area contributed by atoms with Gasteiger partial charge in [-0.1, -0.05) is 0 Å². The first-order chi connectivity index (χ1) is 12.0. The van der Waals surface area contributed by atoms with Gasteiger partial charge in [0.05, 0.1) is 12.1 Å². The fourth-order valence-corrected chi connectivity index (χ4v) is 3.96. The van der Waals surface area contributed by atoms with Crippen LogP contribution in [0.15, 0.2) is 12.4 Å². The normalized spacial score (nSPS) is 24.2. The lowest BCUT2D eigenvalue weighted by Gasteiger charge is -2.34. The van der Waals surface area contributed by atoms with Crippen LogP contribution in [0.25, 0.3) is 0 Å². The van der Waals surface area contributed by atoms with Gasteiger partial charge in [0.25, 0.3) is 0 Å². The van der Waals surface area contributed by atoms with Gasteiger partial charge < -0.3 is 9.64 Å². The molecule has 0 aliphatic carbocycles. The van der Waals surface area contributed by atoms with E-state index >= 15 is 0 Å². The van der Waals surface area contributed by atoms with Crippen LogP contribution >= 0.6 is 0 Å². The van der Waals surface area contributed by atoms with E-state index in [0.29, 0.717) is 6.04 Å². The first-order valence-corrected chi connectivity index (χ1v) is 9.26. The number of carbonyl (C=O) groups excluding carboxylic acids is 1. The van der Waals surface area contributed by atoms with E-state index in [2.05, 4.69) is 21.1 Å². The molecule has 0 bridgehead atoms. The number of aromatic nitrogens is 2. The summed E-state index contributed by atoms with van der Waals surface area (Å²) < 4.78 is 7.35. The Bertz CT molecular complexity index is 568. The van der Waals surface area contributed by atoms with E-state index in [0.717, 1.165) is 58.8 Å². The van der Waals surface area contributed by atoms with Crippen LogP contribution < -0.4 is 0 Å². The summed E-state index contributed by atoms with van der Waals surface area (Å²) >= 11 is 0. The van der Waals surface area contributed by atoms with Gasteiger partial charge in [-0.2, -0.15) is 5.10 Å². The van der Waals surface area contributed by atoms with Gasteiger partial charge >= 0.3 is 0 Å². The minimum absolute atomic E-state index is 0.0250. The molecular formula is C18H31N5O2. The van der Waals surface area contributed by atoms with Crippen LogP contribution in [-0.4, -0.2) is 89.9 Å². The predicted octanol–water partition coefficient (Wildman–Crippen LogP) is 0.421. The van der Waals surface area contributed by atoms with Gasteiger partial charge in [-0.05, 0) is 12.8 Å². The summed E-state index contributed by atoms with van der Waals surface area (Å²) in [7, 11) is 5.66. The number of ether oxygens (including phenoxy) is 1. The second-order valence-electron chi connectivity index (χ2n) is 7.53. The van der Waals surface area contributed by atoms with Crippen molar-refractivity contribution in [3.05, 3.63) is 18.0 Å². The highest BCUT2D eigenvalue weighted by atomic mass is 16.5. The van der Waals surface area contributed by atoms with Crippen molar-refractivity contribution in [1.82, 2.24) is 24.5 Å².